The molecule has 1 amide bonds. The van der Waals surface area contributed by atoms with E-state index in [-0.39, 0.29) is 18.3 Å². The predicted octanol–water partition coefficient (Wildman–Crippen LogP) is 2.45. The maximum Gasteiger partial charge on any atom is 0.307 e. The van der Waals surface area contributed by atoms with Gasteiger partial charge in [0.25, 0.3) is 0 Å². The number of benzene rings is 1. The van der Waals surface area contributed by atoms with Gasteiger partial charge in [-0.25, -0.2) is 8.42 Å². The van der Waals surface area contributed by atoms with E-state index in [1.54, 1.807) is 29.2 Å². The highest BCUT2D eigenvalue weighted by Crippen LogP contribution is 2.21. The second-order valence-corrected chi connectivity index (χ2v) is 9.75. The fraction of sp³-hybridized carbons (Fsp3) is 0.619. The lowest BCUT2D eigenvalue weighted by atomic mass is 10.1. The molecule has 2 rings (SSSR count). The summed E-state index contributed by atoms with van der Waals surface area (Å²) in [4.78, 5) is 26.0. The summed E-state index contributed by atoms with van der Waals surface area (Å²) in [7, 11) is -2.08. The molecule has 0 radical (unpaired) electrons. The van der Waals surface area contributed by atoms with Crippen molar-refractivity contribution < 1.29 is 22.7 Å². The van der Waals surface area contributed by atoms with Gasteiger partial charge in [0.05, 0.1) is 18.4 Å². The topological polar surface area (TPSA) is 84.0 Å². The van der Waals surface area contributed by atoms with Gasteiger partial charge in [-0.05, 0) is 42.9 Å². The Kier molecular flexibility index (Phi) is 8.64. The number of sulfonamides is 1. The number of ether oxygens (including phenoxy) is 1. The molecule has 0 atom stereocenters. The van der Waals surface area contributed by atoms with Crippen LogP contribution in [0.15, 0.2) is 29.2 Å². The molecular weight excluding hydrogens is 392 g/mol. The van der Waals surface area contributed by atoms with Crippen LogP contribution in [-0.2, 0) is 30.8 Å². The van der Waals surface area contributed by atoms with Crippen molar-refractivity contribution in [2.45, 2.75) is 50.8 Å². The van der Waals surface area contributed by atoms with E-state index < -0.39 is 10.0 Å². The molecule has 0 N–H and O–H groups in total. The van der Waals surface area contributed by atoms with E-state index in [4.69, 9.17) is 0 Å². The van der Waals surface area contributed by atoms with E-state index in [9.17, 15) is 18.0 Å². The second-order valence-electron chi connectivity index (χ2n) is 7.81. The van der Waals surface area contributed by atoms with Crippen LogP contribution in [0.2, 0.25) is 0 Å². The molecule has 1 aromatic carbocycles. The van der Waals surface area contributed by atoms with Gasteiger partial charge in [-0.15, -0.1) is 0 Å². The Balaban J connectivity index is 1.94. The molecule has 0 spiro atoms. The summed E-state index contributed by atoms with van der Waals surface area (Å²) in [5, 5.41) is 0. The molecule has 0 saturated carbocycles. The van der Waals surface area contributed by atoms with Crippen LogP contribution in [0.3, 0.4) is 0 Å². The van der Waals surface area contributed by atoms with Crippen molar-refractivity contribution in [3.63, 3.8) is 0 Å². The number of hydrogen-bond donors (Lipinski definition) is 0. The first kappa shape index (κ1) is 23.3. The van der Waals surface area contributed by atoms with Crippen molar-refractivity contribution in [3.8, 4) is 0 Å². The Bertz CT molecular complexity index is 784. The average molecular weight is 425 g/mol. The van der Waals surface area contributed by atoms with Gasteiger partial charge in [0.15, 0.2) is 0 Å². The van der Waals surface area contributed by atoms with Crippen molar-refractivity contribution in [3.05, 3.63) is 29.8 Å². The lowest BCUT2D eigenvalue weighted by molar-refractivity contribution is -0.141. The molecule has 1 aromatic rings. The molecule has 0 aliphatic carbocycles. The number of carbonyl (C=O) groups is 2. The third kappa shape index (κ3) is 6.82. The molecule has 1 heterocycles. The zero-order valence-corrected chi connectivity index (χ0v) is 18.4. The number of rotatable bonds is 10. The molecule has 1 saturated heterocycles. The standard InChI is InChI=1S/C21H32N2O5S/c1-17(2)16-22(15-12-21(25)28-3)20(24)11-8-18-6-9-19(10-7-18)29(26,27)23-13-4-5-14-23/h6-7,9-10,17H,4-5,8,11-16H2,1-3H3. The maximum absolute atomic E-state index is 12.6. The van der Waals surface area contributed by atoms with Gasteiger partial charge in [-0.2, -0.15) is 4.31 Å². The van der Waals surface area contributed by atoms with E-state index >= 15 is 0 Å². The van der Waals surface area contributed by atoms with Crippen LogP contribution in [0.4, 0.5) is 0 Å². The summed E-state index contributed by atoms with van der Waals surface area (Å²) < 4.78 is 31.4. The lowest BCUT2D eigenvalue weighted by Gasteiger charge is -2.24. The average Bonchev–Trinajstić information content (AvgIpc) is 3.24. The van der Waals surface area contributed by atoms with E-state index in [0.29, 0.717) is 49.8 Å². The number of hydrogen-bond acceptors (Lipinski definition) is 5. The molecule has 0 unspecified atom stereocenters. The molecule has 1 fully saturated rings. The first-order valence-electron chi connectivity index (χ1n) is 10.2. The molecule has 1 aliphatic rings. The van der Waals surface area contributed by atoms with Crippen LogP contribution in [0.25, 0.3) is 0 Å². The Morgan fingerprint density at radius 1 is 1.10 bits per heavy atom. The van der Waals surface area contributed by atoms with Crippen molar-refractivity contribution in [2.24, 2.45) is 5.92 Å². The molecule has 0 bridgehead atoms. The Hall–Kier alpha value is -1.93. The van der Waals surface area contributed by atoms with Gasteiger partial charge in [-0.3, -0.25) is 9.59 Å². The van der Waals surface area contributed by atoms with Crippen LogP contribution in [0, 0.1) is 5.92 Å². The minimum atomic E-state index is -3.42. The first-order valence-corrected chi connectivity index (χ1v) is 11.6. The number of methoxy groups -OCH3 is 1. The fourth-order valence-corrected chi connectivity index (χ4v) is 4.92. The van der Waals surface area contributed by atoms with Crippen molar-refractivity contribution in [2.75, 3.05) is 33.3 Å². The van der Waals surface area contributed by atoms with Gasteiger partial charge in [0.1, 0.15) is 0 Å². The Labute approximate surface area is 174 Å². The first-order chi connectivity index (χ1) is 13.7. The summed E-state index contributed by atoms with van der Waals surface area (Å²) in [5.41, 5.74) is 0.913. The molecule has 162 valence electrons. The number of esters is 1. The van der Waals surface area contributed by atoms with Crippen LogP contribution in [0.1, 0.15) is 45.1 Å². The zero-order valence-electron chi connectivity index (χ0n) is 17.6. The third-order valence-corrected chi connectivity index (χ3v) is 6.92. The SMILES string of the molecule is COC(=O)CCN(CC(C)C)C(=O)CCc1ccc(S(=O)(=O)N2CCCC2)cc1. The number of nitrogens with zero attached hydrogens (tertiary/aromatic N) is 2. The highest BCUT2D eigenvalue weighted by atomic mass is 32.2. The highest BCUT2D eigenvalue weighted by molar-refractivity contribution is 7.89. The van der Waals surface area contributed by atoms with Crippen molar-refractivity contribution in [1.29, 1.82) is 0 Å². The van der Waals surface area contributed by atoms with Crippen LogP contribution >= 0.6 is 0 Å². The number of carbonyl (C=O) groups excluding carboxylic acids is 2. The maximum atomic E-state index is 12.6. The zero-order chi connectivity index (χ0) is 21.4. The number of amides is 1. The fourth-order valence-electron chi connectivity index (χ4n) is 3.40. The van der Waals surface area contributed by atoms with E-state index in [1.165, 1.54) is 11.4 Å². The van der Waals surface area contributed by atoms with E-state index in [2.05, 4.69) is 4.74 Å². The normalized spacial score (nSPS) is 14.9. The van der Waals surface area contributed by atoms with Gasteiger partial charge in [0, 0.05) is 32.6 Å². The van der Waals surface area contributed by atoms with E-state index in [1.807, 2.05) is 13.8 Å². The van der Waals surface area contributed by atoms with Gasteiger partial charge in [-0.1, -0.05) is 26.0 Å². The monoisotopic (exact) mass is 424 g/mol. The molecule has 29 heavy (non-hydrogen) atoms. The van der Waals surface area contributed by atoms with Crippen LogP contribution in [-0.4, -0.2) is 62.8 Å². The molecule has 0 aromatic heterocycles. The Morgan fingerprint density at radius 2 is 1.72 bits per heavy atom. The second kappa shape index (κ2) is 10.7. The van der Waals surface area contributed by atoms with Crippen molar-refractivity contribution in [1.82, 2.24) is 9.21 Å². The van der Waals surface area contributed by atoms with E-state index in [0.717, 1.165) is 18.4 Å². The largest absolute Gasteiger partial charge is 0.469 e. The summed E-state index contributed by atoms with van der Waals surface area (Å²) in [6.45, 7) is 6.14. The minimum Gasteiger partial charge on any atom is -0.469 e. The third-order valence-electron chi connectivity index (χ3n) is 5.01. The smallest absolute Gasteiger partial charge is 0.307 e. The summed E-state index contributed by atoms with van der Waals surface area (Å²) in [5.74, 6) is -0.0515. The summed E-state index contributed by atoms with van der Waals surface area (Å²) in [6, 6.07) is 6.79. The Morgan fingerprint density at radius 3 is 2.28 bits per heavy atom. The summed E-state index contributed by atoms with van der Waals surface area (Å²) >= 11 is 0. The lowest BCUT2D eigenvalue weighted by Crippen LogP contribution is -2.36. The minimum absolute atomic E-state index is 0.0173. The van der Waals surface area contributed by atoms with Gasteiger partial charge < -0.3 is 9.64 Å². The summed E-state index contributed by atoms with van der Waals surface area (Å²) in [6.07, 6.45) is 2.82. The molecular formula is C21H32N2O5S. The van der Waals surface area contributed by atoms with Gasteiger partial charge >= 0.3 is 5.97 Å². The van der Waals surface area contributed by atoms with Crippen LogP contribution < -0.4 is 0 Å². The van der Waals surface area contributed by atoms with Gasteiger partial charge in [0.2, 0.25) is 15.9 Å². The predicted molar refractivity (Wildman–Crippen MR) is 111 cm³/mol. The molecule has 8 heteroatoms. The number of aryl methyl sites for hydroxylation is 1. The molecule has 7 nitrogen and oxygen atoms in total. The molecule has 1 aliphatic heterocycles. The van der Waals surface area contributed by atoms with Crippen molar-refractivity contribution >= 4 is 21.9 Å². The van der Waals surface area contributed by atoms with Crippen LogP contribution in [0.5, 0.6) is 0 Å². The highest BCUT2D eigenvalue weighted by Gasteiger charge is 2.27. The quantitative estimate of drug-likeness (QED) is 0.539.